The Morgan fingerprint density at radius 2 is 1.71 bits per heavy atom. The van der Waals surface area contributed by atoms with Crippen LogP contribution in [0.1, 0.15) is 60.5 Å². The normalized spacial score (nSPS) is 17.3. The summed E-state index contributed by atoms with van der Waals surface area (Å²) in [5, 5.41) is 0. The van der Waals surface area contributed by atoms with E-state index in [9.17, 15) is 23.2 Å². The van der Waals surface area contributed by atoms with Crippen molar-refractivity contribution in [1.29, 1.82) is 0 Å². The Balaban J connectivity index is 1.44. The number of hydrogen-bond donors (Lipinski definition) is 0. The number of amides is 1. The Morgan fingerprint density at radius 1 is 1.03 bits per heavy atom. The Bertz CT molecular complexity index is 1400. The minimum Gasteiger partial charge on any atom is -0.451 e. The number of halogens is 2. The first-order valence-corrected chi connectivity index (χ1v) is 12.2. The zero-order valence-electron chi connectivity index (χ0n) is 21.1. The molecule has 198 valence electrons. The second kappa shape index (κ2) is 9.59. The minimum absolute atomic E-state index is 0.134. The summed E-state index contributed by atoms with van der Waals surface area (Å²) >= 11 is 0. The molecular weight excluding hydrogens is 498 g/mol. The van der Waals surface area contributed by atoms with E-state index in [0.29, 0.717) is 37.1 Å². The molecule has 10 heteroatoms. The van der Waals surface area contributed by atoms with Crippen molar-refractivity contribution in [2.24, 2.45) is 0 Å². The van der Waals surface area contributed by atoms with Crippen LogP contribution in [0, 0.1) is 11.6 Å². The quantitative estimate of drug-likeness (QED) is 0.302. The molecule has 8 nitrogen and oxygen atoms in total. The van der Waals surface area contributed by atoms with Crippen LogP contribution in [0.25, 0.3) is 11.1 Å². The van der Waals surface area contributed by atoms with E-state index in [1.807, 2.05) is 0 Å². The van der Waals surface area contributed by atoms with E-state index < -0.39 is 41.0 Å². The number of hydrogen-bond acceptors (Lipinski definition) is 6. The van der Waals surface area contributed by atoms with Crippen molar-refractivity contribution in [1.82, 2.24) is 9.47 Å². The summed E-state index contributed by atoms with van der Waals surface area (Å²) in [6.45, 7) is 6.21. The van der Waals surface area contributed by atoms with Gasteiger partial charge in [-0.2, -0.15) is 0 Å². The van der Waals surface area contributed by atoms with Crippen LogP contribution in [0.3, 0.4) is 0 Å². The summed E-state index contributed by atoms with van der Waals surface area (Å²) in [5.41, 5.74) is 0.672. The van der Waals surface area contributed by atoms with E-state index in [1.165, 1.54) is 18.2 Å². The Hall–Kier alpha value is -4.21. The van der Waals surface area contributed by atoms with Crippen molar-refractivity contribution >= 4 is 18.0 Å². The number of carbonyl (C=O) groups excluding carboxylic acids is 3. The van der Waals surface area contributed by atoms with Crippen LogP contribution in [-0.2, 0) is 9.47 Å². The highest BCUT2D eigenvalue weighted by Crippen LogP contribution is 2.38. The molecule has 1 fully saturated rings. The Kier molecular flexibility index (Phi) is 6.42. The number of ether oxygens (including phenoxy) is 3. The van der Waals surface area contributed by atoms with E-state index in [1.54, 1.807) is 48.6 Å². The predicted molar refractivity (Wildman–Crippen MR) is 132 cm³/mol. The van der Waals surface area contributed by atoms with E-state index in [4.69, 9.17) is 14.2 Å². The number of rotatable bonds is 4. The van der Waals surface area contributed by atoms with Crippen molar-refractivity contribution in [3.05, 3.63) is 71.6 Å². The SMILES string of the molecule is CC(C)(C)OC(=O)N1CCC[C@@H](n2cc(-c3ccc(Oc4c(F)cccc4F)cc3)c3c2C(=O)OC3=O)C1. The summed E-state index contributed by atoms with van der Waals surface area (Å²) in [4.78, 5) is 39.5. The number of esters is 2. The molecule has 2 aliphatic rings. The van der Waals surface area contributed by atoms with Crippen molar-refractivity contribution in [3.63, 3.8) is 0 Å². The third kappa shape index (κ3) is 4.85. The maximum atomic E-state index is 14.0. The number of para-hydroxylation sites is 1. The fraction of sp³-hybridized carbons (Fsp3) is 0.321. The zero-order chi connectivity index (χ0) is 27.2. The van der Waals surface area contributed by atoms with Crippen LogP contribution in [0.15, 0.2) is 48.7 Å². The van der Waals surface area contributed by atoms with Crippen LogP contribution in [0.4, 0.5) is 13.6 Å². The highest BCUT2D eigenvalue weighted by molar-refractivity contribution is 6.17. The van der Waals surface area contributed by atoms with Crippen LogP contribution in [-0.4, -0.2) is 46.2 Å². The number of piperidine rings is 1. The first-order chi connectivity index (χ1) is 18.0. The number of benzene rings is 2. The van der Waals surface area contributed by atoms with Gasteiger partial charge < -0.3 is 23.7 Å². The number of carbonyl (C=O) groups is 3. The van der Waals surface area contributed by atoms with Gasteiger partial charge in [0.1, 0.15) is 22.6 Å². The lowest BCUT2D eigenvalue weighted by Gasteiger charge is -2.35. The first-order valence-electron chi connectivity index (χ1n) is 12.2. The molecule has 0 spiro atoms. The van der Waals surface area contributed by atoms with Crippen LogP contribution in [0.2, 0.25) is 0 Å². The maximum absolute atomic E-state index is 14.0. The second-order valence-corrected chi connectivity index (χ2v) is 10.3. The Morgan fingerprint density at radius 3 is 2.37 bits per heavy atom. The summed E-state index contributed by atoms with van der Waals surface area (Å²) in [7, 11) is 0. The molecule has 38 heavy (non-hydrogen) atoms. The molecule has 3 heterocycles. The number of nitrogens with zero attached hydrogens (tertiary/aromatic N) is 2. The van der Waals surface area contributed by atoms with Gasteiger partial charge in [0, 0.05) is 24.8 Å². The number of cyclic esters (lactones) is 2. The average Bonchev–Trinajstić information content (AvgIpc) is 3.40. The predicted octanol–water partition coefficient (Wildman–Crippen LogP) is 6.11. The van der Waals surface area contributed by atoms with Crippen molar-refractivity contribution in [2.45, 2.75) is 45.3 Å². The minimum atomic E-state index is -0.835. The van der Waals surface area contributed by atoms with Crippen LogP contribution < -0.4 is 4.74 Å². The van der Waals surface area contributed by atoms with Gasteiger partial charge in [-0.15, -0.1) is 0 Å². The van der Waals surface area contributed by atoms with Gasteiger partial charge in [-0.3, -0.25) is 0 Å². The van der Waals surface area contributed by atoms with Gasteiger partial charge in [0.05, 0.1) is 6.04 Å². The zero-order valence-corrected chi connectivity index (χ0v) is 21.1. The van der Waals surface area contributed by atoms with E-state index in [0.717, 1.165) is 12.1 Å². The molecule has 0 radical (unpaired) electrons. The molecule has 0 N–H and O–H groups in total. The summed E-state index contributed by atoms with van der Waals surface area (Å²) in [5.74, 6) is -3.51. The van der Waals surface area contributed by atoms with Crippen molar-refractivity contribution < 1.29 is 37.4 Å². The third-order valence-corrected chi connectivity index (χ3v) is 6.36. The highest BCUT2D eigenvalue weighted by atomic mass is 19.1. The van der Waals surface area contributed by atoms with Gasteiger partial charge in [0.2, 0.25) is 0 Å². The second-order valence-electron chi connectivity index (χ2n) is 10.3. The largest absolute Gasteiger partial charge is 0.451 e. The van der Waals surface area contributed by atoms with Gasteiger partial charge in [0.15, 0.2) is 17.4 Å². The summed E-state index contributed by atoms with van der Waals surface area (Å²) in [6.07, 6.45) is 2.64. The van der Waals surface area contributed by atoms with Crippen LogP contribution >= 0.6 is 0 Å². The molecule has 1 saturated heterocycles. The van der Waals surface area contributed by atoms with Gasteiger partial charge in [0.25, 0.3) is 0 Å². The molecule has 0 saturated carbocycles. The van der Waals surface area contributed by atoms with Gasteiger partial charge in [-0.1, -0.05) is 18.2 Å². The Labute approximate surface area is 217 Å². The molecule has 0 bridgehead atoms. The van der Waals surface area contributed by atoms with Crippen molar-refractivity contribution in [3.8, 4) is 22.6 Å². The van der Waals surface area contributed by atoms with Gasteiger partial charge in [-0.25, -0.2) is 23.2 Å². The van der Waals surface area contributed by atoms with Crippen LogP contribution in [0.5, 0.6) is 11.5 Å². The number of aromatic nitrogens is 1. The summed E-state index contributed by atoms with van der Waals surface area (Å²) < 4.78 is 45.4. The molecule has 3 aromatic rings. The molecular formula is C28H26F2N2O6. The first kappa shape index (κ1) is 25.4. The maximum Gasteiger partial charge on any atom is 0.410 e. The van der Waals surface area contributed by atoms with Crippen molar-refractivity contribution in [2.75, 3.05) is 13.1 Å². The van der Waals surface area contributed by atoms with Gasteiger partial charge >= 0.3 is 18.0 Å². The summed E-state index contributed by atoms with van der Waals surface area (Å²) in [6, 6.07) is 9.42. The third-order valence-electron chi connectivity index (χ3n) is 6.36. The molecule has 2 aromatic carbocycles. The molecule has 0 aliphatic carbocycles. The molecule has 0 unspecified atom stereocenters. The molecule has 1 aromatic heterocycles. The molecule has 1 atom stereocenters. The van der Waals surface area contributed by atoms with E-state index in [-0.39, 0.29) is 23.0 Å². The standard InChI is InChI=1S/C28H26F2N2O6/c1-28(2,3)38-27(35)31-13-5-6-17(14-31)32-15-19(22-23(32)26(34)37-25(22)33)16-9-11-18(12-10-16)36-24-20(29)7-4-8-21(24)30/h4,7-12,15,17H,5-6,13-14H2,1-3H3/t17-/m1/s1. The number of likely N-dealkylation sites (tertiary alicyclic amines) is 1. The van der Waals surface area contributed by atoms with E-state index >= 15 is 0 Å². The number of fused-ring (bicyclic) bond motifs is 1. The fourth-order valence-corrected chi connectivity index (χ4v) is 4.70. The molecule has 5 rings (SSSR count). The van der Waals surface area contributed by atoms with Gasteiger partial charge in [-0.05, 0) is 63.4 Å². The highest BCUT2D eigenvalue weighted by Gasteiger charge is 2.40. The topological polar surface area (TPSA) is 87.1 Å². The monoisotopic (exact) mass is 524 g/mol. The fourth-order valence-electron chi connectivity index (χ4n) is 4.70. The average molecular weight is 525 g/mol. The lowest BCUT2D eigenvalue weighted by molar-refractivity contribution is 0.0172. The lowest BCUT2D eigenvalue weighted by Crippen LogP contribution is -2.43. The molecule has 1 amide bonds. The van der Waals surface area contributed by atoms with E-state index in [2.05, 4.69) is 0 Å². The smallest absolute Gasteiger partial charge is 0.410 e. The molecule has 2 aliphatic heterocycles. The lowest BCUT2D eigenvalue weighted by atomic mass is 10.0.